The van der Waals surface area contributed by atoms with E-state index in [4.69, 9.17) is 5.11 Å². The molecule has 6 heteroatoms. The van der Waals surface area contributed by atoms with Crippen LogP contribution in [-0.2, 0) is 18.3 Å². The Morgan fingerprint density at radius 1 is 1.25 bits per heavy atom. The van der Waals surface area contributed by atoms with E-state index in [-0.39, 0.29) is 23.4 Å². The maximum absolute atomic E-state index is 12.7. The van der Waals surface area contributed by atoms with Gasteiger partial charge in [0, 0.05) is 18.3 Å². The molecule has 0 aromatic carbocycles. The number of aliphatic carboxylic acids is 1. The highest BCUT2D eigenvalue weighted by atomic mass is 16.4. The fourth-order valence-corrected chi connectivity index (χ4v) is 3.46. The van der Waals surface area contributed by atoms with Gasteiger partial charge in [0.05, 0.1) is 6.42 Å². The Bertz CT molecular complexity index is 698. The number of amides is 1. The third-order valence-electron chi connectivity index (χ3n) is 4.91. The van der Waals surface area contributed by atoms with Gasteiger partial charge < -0.3 is 15.0 Å². The van der Waals surface area contributed by atoms with Crippen LogP contribution in [0.5, 0.6) is 0 Å². The second-order valence-corrected chi connectivity index (χ2v) is 7.06. The number of pyridine rings is 1. The third kappa shape index (κ3) is 4.04. The summed E-state index contributed by atoms with van der Waals surface area (Å²) in [6.45, 7) is 3.71. The summed E-state index contributed by atoms with van der Waals surface area (Å²) < 4.78 is 1.26. The summed E-state index contributed by atoms with van der Waals surface area (Å²) in [6, 6.07) is 1.61. The summed E-state index contributed by atoms with van der Waals surface area (Å²) in [5.41, 5.74) is 0.287. The molecular formula is C18H26N2O4. The molecule has 24 heavy (non-hydrogen) atoms. The van der Waals surface area contributed by atoms with Crippen LogP contribution in [0.3, 0.4) is 0 Å². The molecule has 0 unspecified atom stereocenters. The lowest BCUT2D eigenvalue weighted by molar-refractivity contribution is -0.136. The number of carboxylic acid groups (broad SMARTS) is 1. The number of carbonyl (C=O) groups excluding carboxylic acids is 1. The van der Waals surface area contributed by atoms with Gasteiger partial charge in [-0.15, -0.1) is 0 Å². The van der Waals surface area contributed by atoms with E-state index in [1.165, 1.54) is 24.5 Å². The first-order chi connectivity index (χ1) is 11.2. The molecule has 132 valence electrons. The van der Waals surface area contributed by atoms with Gasteiger partial charge in [-0.05, 0) is 38.3 Å². The molecule has 0 atom stereocenters. The predicted molar refractivity (Wildman–Crippen MR) is 91.3 cm³/mol. The van der Waals surface area contributed by atoms with Crippen molar-refractivity contribution in [3.05, 3.63) is 33.2 Å². The number of aryl methyl sites for hydroxylation is 1. The fraction of sp³-hybridized carbons (Fsp3) is 0.611. The van der Waals surface area contributed by atoms with Crippen LogP contribution in [0.15, 0.2) is 10.9 Å². The van der Waals surface area contributed by atoms with Gasteiger partial charge in [0.1, 0.15) is 5.56 Å². The SMILES string of the molecule is Cc1cc(CC(=O)O)n(C)c(=O)c1C(=O)NC1(C)CCCCCC1. The van der Waals surface area contributed by atoms with Crippen LogP contribution >= 0.6 is 0 Å². The molecular weight excluding hydrogens is 308 g/mol. The molecule has 0 radical (unpaired) electrons. The number of aromatic nitrogens is 1. The van der Waals surface area contributed by atoms with E-state index in [1.54, 1.807) is 13.0 Å². The maximum atomic E-state index is 12.7. The van der Waals surface area contributed by atoms with E-state index in [2.05, 4.69) is 5.32 Å². The zero-order chi connectivity index (χ0) is 17.9. The average molecular weight is 334 g/mol. The largest absolute Gasteiger partial charge is 0.481 e. The molecule has 0 spiro atoms. The fourth-order valence-electron chi connectivity index (χ4n) is 3.46. The monoisotopic (exact) mass is 334 g/mol. The van der Waals surface area contributed by atoms with Gasteiger partial charge in [0.15, 0.2) is 0 Å². The minimum absolute atomic E-state index is 0.108. The minimum Gasteiger partial charge on any atom is -0.481 e. The van der Waals surface area contributed by atoms with E-state index in [0.29, 0.717) is 11.3 Å². The van der Waals surface area contributed by atoms with Crippen LogP contribution in [0.4, 0.5) is 0 Å². The first-order valence-corrected chi connectivity index (χ1v) is 8.47. The topological polar surface area (TPSA) is 88.4 Å². The number of nitrogens with zero attached hydrogens (tertiary/aromatic N) is 1. The molecule has 0 aliphatic heterocycles. The lowest BCUT2D eigenvalue weighted by Crippen LogP contribution is -2.47. The first-order valence-electron chi connectivity index (χ1n) is 8.47. The molecule has 0 saturated heterocycles. The number of nitrogens with one attached hydrogen (secondary N) is 1. The summed E-state index contributed by atoms with van der Waals surface area (Å²) in [5.74, 6) is -1.37. The molecule has 2 N–H and O–H groups in total. The number of hydrogen-bond donors (Lipinski definition) is 2. The van der Waals surface area contributed by atoms with Crippen LogP contribution in [0, 0.1) is 6.92 Å². The molecule has 1 amide bonds. The second-order valence-electron chi connectivity index (χ2n) is 7.06. The van der Waals surface area contributed by atoms with E-state index < -0.39 is 11.5 Å². The van der Waals surface area contributed by atoms with Crippen molar-refractivity contribution in [1.29, 1.82) is 0 Å². The van der Waals surface area contributed by atoms with Crippen molar-refractivity contribution in [3.63, 3.8) is 0 Å². The lowest BCUT2D eigenvalue weighted by Gasteiger charge is -2.30. The molecule has 1 aromatic rings. The molecule has 1 aromatic heterocycles. The number of carbonyl (C=O) groups is 2. The highest BCUT2D eigenvalue weighted by Gasteiger charge is 2.29. The summed E-state index contributed by atoms with van der Waals surface area (Å²) in [6.07, 6.45) is 6.08. The van der Waals surface area contributed by atoms with Crippen LogP contribution in [-0.4, -0.2) is 27.1 Å². The maximum Gasteiger partial charge on any atom is 0.309 e. The molecule has 6 nitrogen and oxygen atoms in total. The van der Waals surface area contributed by atoms with E-state index in [9.17, 15) is 14.4 Å². The van der Waals surface area contributed by atoms with Crippen LogP contribution < -0.4 is 10.9 Å². The van der Waals surface area contributed by atoms with E-state index in [0.717, 1.165) is 25.7 Å². The molecule has 1 aliphatic carbocycles. The van der Waals surface area contributed by atoms with E-state index >= 15 is 0 Å². The van der Waals surface area contributed by atoms with Crippen LogP contribution in [0.25, 0.3) is 0 Å². The van der Waals surface area contributed by atoms with Crippen LogP contribution in [0.2, 0.25) is 0 Å². The van der Waals surface area contributed by atoms with Crippen molar-refractivity contribution in [2.45, 2.75) is 64.3 Å². The quantitative estimate of drug-likeness (QED) is 0.826. The van der Waals surface area contributed by atoms with Crippen molar-refractivity contribution < 1.29 is 14.7 Å². The summed E-state index contributed by atoms with van der Waals surface area (Å²) in [7, 11) is 1.50. The van der Waals surface area contributed by atoms with Gasteiger partial charge in [-0.2, -0.15) is 0 Å². The van der Waals surface area contributed by atoms with Gasteiger partial charge in [0.2, 0.25) is 0 Å². The van der Waals surface area contributed by atoms with E-state index in [1.807, 2.05) is 6.92 Å². The summed E-state index contributed by atoms with van der Waals surface area (Å²) in [5, 5.41) is 12.0. The second kappa shape index (κ2) is 7.20. The Kier molecular flexibility index (Phi) is 5.47. The zero-order valence-corrected chi connectivity index (χ0v) is 14.6. The van der Waals surface area contributed by atoms with Gasteiger partial charge in [-0.1, -0.05) is 25.7 Å². The highest BCUT2D eigenvalue weighted by Crippen LogP contribution is 2.27. The summed E-state index contributed by atoms with van der Waals surface area (Å²) in [4.78, 5) is 36.2. The molecule has 2 rings (SSSR count). The third-order valence-corrected chi connectivity index (χ3v) is 4.91. The Morgan fingerprint density at radius 3 is 2.38 bits per heavy atom. The zero-order valence-electron chi connectivity index (χ0n) is 14.6. The lowest BCUT2D eigenvalue weighted by atomic mass is 9.92. The van der Waals surface area contributed by atoms with Gasteiger partial charge in [-0.25, -0.2) is 0 Å². The smallest absolute Gasteiger partial charge is 0.309 e. The minimum atomic E-state index is -1.01. The Hall–Kier alpha value is -2.11. The predicted octanol–water partition coefficient (Wildman–Crippen LogP) is 2.16. The normalized spacial score (nSPS) is 17.1. The average Bonchev–Trinajstić information content (AvgIpc) is 2.68. The standard InChI is InChI=1S/C18H26N2O4/c1-12-10-13(11-14(21)22)20(3)17(24)15(12)16(23)19-18(2)8-6-4-5-7-9-18/h10H,4-9,11H2,1-3H3,(H,19,23)(H,21,22). The van der Waals surface area contributed by atoms with Gasteiger partial charge in [-0.3, -0.25) is 14.4 Å². The Labute approximate surface area is 141 Å². The highest BCUT2D eigenvalue weighted by molar-refractivity contribution is 5.95. The number of carboxylic acids is 1. The molecule has 1 saturated carbocycles. The van der Waals surface area contributed by atoms with Gasteiger partial charge in [0.25, 0.3) is 11.5 Å². The Morgan fingerprint density at radius 2 is 1.83 bits per heavy atom. The number of rotatable bonds is 4. The van der Waals surface area contributed by atoms with Crippen LogP contribution in [0.1, 0.15) is 67.1 Å². The molecule has 0 bridgehead atoms. The summed E-state index contributed by atoms with van der Waals surface area (Å²) >= 11 is 0. The first kappa shape index (κ1) is 18.2. The van der Waals surface area contributed by atoms with Crippen molar-refractivity contribution in [3.8, 4) is 0 Å². The van der Waals surface area contributed by atoms with Crippen molar-refractivity contribution in [2.24, 2.45) is 7.05 Å². The van der Waals surface area contributed by atoms with Crippen molar-refractivity contribution >= 4 is 11.9 Å². The van der Waals surface area contributed by atoms with Crippen molar-refractivity contribution in [2.75, 3.05) is 0 Å². The number of hydrogen-bond acceptors (Lipinski definition) is 3. The molecule has 1 aliphatic rings. The molecule has 1 heterocycles. The van der Waals surface area contributed by atoms with Crippen molar-refractivity contribution in [1.82, 2.24) is 9.88 Å². The molecule has 1 fully saturated rings. The Balaban J connectivity index is 2.31. The van der Waals surface area contributed by atoms with Gasteiger partial charge >= 0.3 is 5.97 Å².